The lowest BCUT2D eigenvalue weighted by atomic mass is 9.92. The Bertz CT molecular complexity index is 1160. The van der Waals surface area contributed by atoms with Crippen LogP contribution in [0.3, 0.4) is 0 Å². The van der Waals surface area contributed by atoms with E-state index in [9.17, 15) is 14.7 Å². The van der Waals surface area contributed by atoms with Gasteiger partial charge in [-0.3, -0.25) is 9.36 Å². The third kappa shape index (κ3) is 4.16. The van der Waals surface area contributed by atoms with E-state index in [1.807, 2.05) is 67.6 Å². The van der Waals surface area contributed by atoms with Gasteiger partial charge < -0.3 is 14.7 Å². The Hall–Kier alpha value is -3.45. The lowest BCUT2D eigenvalue weighted by Crippen LogP contribution is -2.45. The molecule has 3 aromatic rings. The van der Waals surface area contributed by atoms with Gasteiger partial charge in [-0.2, -0.15) is 0 Å². The smallest absolute Gasteiger partial charge is 0.410 e. The van der Waals surface area contributed by atoms with Crippen molar-refractivity contribution >= 4 is 6.09 Å². The normalized spacial score (nSPS) is 19.7. The molecule has 1 fully saturated rings. The number of hydrogen-bond donors (Lipinski definition) is 1. The van der Waals surface area contributed by atoms with Gasteiger partial charge in [-0.05, 0) is 24.5 Å². The number of nitrogens with zero attached hydrogens (tertiary/aromatic N) is 3. The molecule has 0 spiro atoms. The van der Waals surface area contributed by atoms with Crippen LogP contribution in [-0.2, 0) is 17.7 Å². The van der Waals surface area contributed by atoms with Gasteiger partial charge in [0.05, 0.1) is 24.4 Å². The van der Waals surface area contributed by atoms with E-state index in [1.165, 1.54) is 0 Å². The van der Waals surface area contributed by atoms with E-state index < -0.39 is 6.09 Å². The Morgan fingerprint density at radius 3 is 2.24 bits per heavy atom. The van der Waals surface area contributed by atoms with Crippen molar-refractivity contribution < 1.29 is 14.6 Å². The molecule has 1 aromatic heterocycles. The largest absolute Gasteiger partial charge is 0.446 e. The zero-order valence-corrected chi connectivity index (χ0v) is 18.6. The Labute approximate surface area is 192 Å². The summed E-state index contributed by atoms with van der Waals surface area (Å²) in [6.07, 6.45) is 0.383. The first-order valence-corrected chi connectivity index (χ1v) is 11.4. The molecule has 1 amide bonds. The van der Waals surface area contributed by atoms with Crippen molar-refractivity contribution in [1.29, 1.82) is 0 Å². The van der Waals surface area contributed by atoms with Gasteiger partial charge in [0.2, 0.25) is 0 Å². The van der Waals surface area contributed by atoms with E-state index in [2.05, 4.69) is 0 Å². The van der Waals surface area contributed by atoms with Crippen molar-refractivity contribution in [2.75, 3.05) is 6.54 Å². The van der Waals surface area contributed by atoms with Crippen LogP contribution in [0.1, 0.15) is 47.1 Å². The van der Waals surface area contributed by atoms with Gasteiger partial charge in [-0.15, -0.1) is 0 Å². The fourth-order valence-electron chi connectivity index (χ4n) is 4.69. The zero-order valence-electron chi connectivity index (χ0n) is 18.6. The minimum absolute atomic E-state index is 0.0645. The molecule has 1 aliphatic carbocycles. The van der Waals surface area contributed by atoms with E-state index in [-0.39, 0.29) is 30.4 Å². The van der Waals surface area contributed by atoms with Gasteiger partial charge in [-0.25, -0.2) is 9.78 Å². The summed E-state index contributed by atoms with van der Waals surface area (Å²) in [7, 11) is 0. The average molecular weight is 446 g/mol. The van der Waals surface area contributed by atoms with Gasteiger partial charge in [0.25, 0.3) is 5.56 Å². The second kappa shape index (κ2) is 8.83. The molecule has 1 N–H and O–H groups in total. The maximum Gasteiger partial charge on any atom is 0.410 e. The molecule has 0 atom stereocenters. The van der Waals surface area contributed by atoms with Crippen molar-refractivity contribution in [3.05, 3.63) is 99.2 Å². The second-order valence-corrected chi connectivity index (χ2v) is 8.79. The highest BCUT2D eigenvalue weighted by Gasteiger charge is 2.34. The quantitative estimate of drug-likeness (QED) is 0.667. The van der Waals surface area contributed by atoms with Crippen LogP contribution in [-0.4, -0.2) is 44.4 Å². The number of carbonyl (C=O) groups excluding carboxylic acids is 1. The number of aromatic nitrogens is 2. The summed E-state index contributed by atoms with van der Waals surface area (Å²) >= 11 is 0. The number of aliphatic hydroxyl groups is 1. The Morgan fingerprint density at radius 1 is 1.06 bits per heavy atom. The first-order chi connectivity index (χ1) is 16.0. The topological polar surface area (TPSA) is 84.7 Å². The summed E-state index contributed by atoms with van der Waals surface area (Å²) in [5, 5.41) is 9.42. The van der Waals surface area contributed by atoms with Crippen LogP contribution in [0.15, 0.2) is 65.5 Å². The highest BCUT2D eigenvalue weighted by Crippen LogP contribution is 2.28. The fraction of sp³-hybridized carbons (Fsp3) is 0.346. The molecule has 0 unspecified atom stereocenters. The average Bonchev–Trinajstić information content (AvgIpc) is 2.81. The number of fused-ring (bicyclic) bond motifs is 1. The van der Waals surface area contributed by atoms with Crippen LogP contribution >= 0.6 is 0 Å². The molecule has 0 bridgehead atoms. The van der Waals surface area contributed by atoms with Gasteiger partial charge in [0.1, 0.15) is 11.9 Å². The predicted octanol–water partition coefficient (Wildman–Crippen LogP) is 3.21. The van der Waals surface area contributed by atoms with E-state index >= 15 is 0 Å². The molecule has 1 aliphatic heterocycles. The third-order valence-corrected chi connectivity index (χ3v) is 6.53. The molecule has 33 heavy (non-hydrogen) atoms. The van der Waals surface area contributed by atoms with Gasteiger partial charge in [0.15, 0.2) is 0 Å². The maximum atomic E-state index is 13.7. The summed E-state index contributed by atoms with van der Waals surface area (Å²) in [4.78, 5) is 32.6. The van der Waals surface area contributed by atoms with Crippen molar-refractivity contribution in [1.82, 2.24) is 14.5 Å². The number of amides is 1. The maximum absolute atomic E-state index is 13.7. The monoisotopic (exact) mass is 445 g/mol. The summed E-state index contributed by atoms with van der Waals surface area (Å²) in [5.41, 5.74) is 3.25. The molecule has 2 aliphatic rings. The molecule has 5 rings (SSSR count). The number of ether oxygens (including phenoxy) is 1. The van der Waals surface area contributed by atoms with E-state index in [0.29, 0.717) is 42.9 Å². The first-order valence-electron chi connectivity index (χ1n) is 11.4. The molecule has 2 heterocycles. The first kappa shape index (κ1) is 21.4. The Balaban J connectivity index is 1.48. The zero-order chi connectivity index (χ0) is 22.9. The Morgan fingerprint density at radius 2 is 1.67 bits per heavy atom. The van der Waals surface area contributed by atoms with Crippen molar-refractivity contribution in [2.45, 2.75) is 51.0 Å². The van der Waals surface area contributed by atoms with Crippen LogP contribution in [0.4, 0.5) is 4.79 Å². The van der Waals surface area contributed by atoms with Crippen LogP contribution in [0, 0.1) is 6.92 Å². The van der Waals surface area contributed by atoms with Crippen LogP contribution in [0.5, 0.6) is 0 Å². The summed E-state index contributed by atoms with van der Waals surface area (Å²) in [6.45, 7) is 2.50. The van der Waals surface area contributed by atoms with Crippen molar-refractivity contribution in [3.63, 3.8) is 0 Å². The molecular weight excluding hydrogens is 418 g/mol. The summed E-state index contributed by atoms with van der Waals surface area (Å²) in [6, 6.07) is 19.6. The molecule has 7 heteroatoms. The van der Waals surface area contributed by atoms with Crippen LogP contribution in [0.25, 0.3) is 0 Å². The van der Waals surface area contributed by atoms with E-state index in [0.717, 1.165) is 11.1 Å². The van der Waals surface area contributed by atoms with Crippen molar-refractivity contribution in [2.24, 2.45) is 0 Å². The number of aryl methyl sites for hydroxylation is 1. The standard InChI is InChI=1S/C26H27N3O4/c1-17-27-23-16-28(26(32)33-21-14-20(30)15-21)13-12-22(23)25(31)29(17)24(18-8-4-2-5-9-18)19-10-6-3-7-11-19/h2-11,20-21,24,30H,12-16H2,1H3. The highest BCUT2D eigenvalue weighted by molar-refractivity contribution is 5.68. The fourth-order valence-corrected chi connectivity index (χ4v) is 4.69. The molecule has 0 radical (unpaired) electrons. The number of benzene rings is 2. The summed E-state index contributed by atoms with van der Waals surface area (Å²) < 4.78 is 7.24. The lowest BCUT2D eigenvalue weighted by molar-refractivity contribution is -0.0460. The van der Waals surface area contributed by atoms with Gasteiger partial charge in [0, 0.05) is 24.9 Å². The highest BCUT2D eigenvalue weighted by atomic mass is 16.6. The molecule has 2 aromatic carbocycles. The Kier molecular flexibility index (Phi) is 5.72. The SMILES string of the molecule is Cc1nc2c(c(=O)n1C(c1ccccc1)c1ccccc1)CCN(C(=O)OC1CC(O)C1)C2. The van der Waals surface area contributed by atoms with Crippen molar-refractivity contribution in [3.8, 4) is 0 Å². The molecule has 1 saturated carbocycles. The van der Waals surface area contributed by atoms with Crippen LogP contribution in [0.2, 0.25) is 0 Å². The predicted molar refractivity (Wildman–Crippen MR) is 123 cm³/mol. The van der Waals surface area contributed by atoms with Gasteiger partial charge in [-0.1, -0.05) is 60.7 Å². The lowest BCUT2D eigenvalue weighted by Gasteiger charge is -2.34. The summed E-state index contributed by atoms with van der Waals surface area (Å²) in [5.74, 6) is 0.605. The second-order valence-electron chi connectivity index (χ2n) is 8.79. The van der Waals surface area contributed by atoms with Gasteiger partial charge >= 0.3 is 6.09 Å². The number of rotatable bonds is 4. The minimum atomic E-state index is -0.410. The number of aliphatic hydroxyl groups excluding tert-OH is 1. The number of carbonyl (C=O) groups is 1. The molecule has 7 nitrogen and oxygen atoms in total. The third-order valence-electron chi connectivity index (χ3n) is 6.53. The molecule has 170 valence electrons. The minimum Gasteiger partial charge on any atom is -0.446 e. The van der Waals surface area contributed by atoms with E-state index in [1.54, 1.807) is 9.47 Å². The molecule has 0 saturated heterocycles. The number of hydrogen-bond acceptors (Lipinski definition) is 5. The van der Waals surface area contributed by atoms with Crippen LogP contribution < -0.4 is 5.56 Å². The van der Waals surface area contributed by atoms with E-state index in [4.69, 9.17) is 9.72 Å². The molecular formula is C26H27N3O4.